The monoisotopic (exact) mass is 332 g/mol. The maximum Gasteiger partial charge on any atom is 0.261 e. The predicted molar refractivity (Wildman–Crippen MR) is 88.5 cm³/mol. The number of aliphatic hydroxyl groups excluding tert-OH is 1. The zero-order valence-corrected chi connectivity index (χ0v) is 13.6. The van der Waals surface area contributed by atoms with E-state index in [9.17, 15) is 9.90 Å². The Morgan fingerprint density at radius 3 is 3.13 bits per heavy atom. The Morgan fingerprint density at radius 2 is 2.39 bits per heavy atom. The normalized spacial score (nSPS) is 15.0. The Labute approximate surface area is 139 Å². The molecule has 0 aliphatic carbocycles. The molecule has 1 atom stereocenters. The molecule has 122 valence electrons. The fourth-order valence-electron chi connectivity index (χ4n) is 2.60. The largest absolute Gasteiger partial charge is 0.396 e. The van der Waals surface area contributed by atoms with E-state index in [0.29, 0.717) is 19.6 Å². The van der Waals surface area contributed by atoms with Crippen molar-refractivity contribution in [1.29, 1.82) is 0 Å². The van der Waals surface area contributed by atoms with Gasteiger partial charge in [-0.15, -0.1) is 11.3 Å². The Morgan fingerprint density at radius 1 is 1.48 bits per heavy atom. The average Bonchev–Trinajstić information content (AvgIpc) is 3.03. The van der Waals surface area contributed by atoms with Crippen molar-refractivity contribution in [3.8, 4) is 0 Å². The van der Waals surface area contributed by atoms with Crippen LogP contribution in [0.1, 0.15) is 25.8 Å². The lowest BCUT2D eigenvalue weighted by atomic mass is 10.0. The number of carbonyl (C=O) groups is 1. The second kappa shape index (κ2) is 7.68. The minimum Gasteiger partial charge on any atom is -0.396 e. The van der Waals surface area contributed by atoms with Gasteiger partial charge in [-0.1, -0.05) is 6.07 Å². The van der Waals surface area contributed by atoms with Crippen LogP contribution in [0.15, 0.2) is 30.5 Å². The molecule has 2 aromatic heterocycles. The number of nitrogens with one attached hydrogen (secondary N) is 1. The van der Waals surface area contributed by atoms with Gasteiger partial charge in [0.15, 0.2) is 0 Å². The van der Waals surface area contributed by atoms with Gasteiger partial charge < -0.3 is 15.2 Å². The number of carbonyl (C=O) groups excluding carboxylic acids is 1. The summed E-state index contributed by atoms with van der Waals surface area (Å²) < 4.78 is 5.41. The third-order valence-electron chi connectivity index (χ3n) is 3.88. The Hall–Kier alpha value is -1.76. The summed E-state index contributed by atoms with van der Waals surface area (Å²) in [7, 11) is 0. The van der Waals surface area contributed by atoms with E-state index in [1.807, 2.05) is 24.3 Å². The number of aliphatic hydroxyl groups is 1. The van der Waals surface area contributed by atoms with E-state index >= 15 is 0 Å². The molecular weight excluding hydrogens is 312 g/mol. The number of hydrogen-bond donors (Lipinski definition) is 2. The first kappa shape index (κ1) is 16.1. The highest BCUT2D eigenvalue weighted by atomic mass is 32.1. The highest BCUT2D eigenvalue weighted by molar-refractivity contribution is 7.14. The minimum atomic E-state index is -0.0797. The molecule has 0 fully saturated rings. The van der Waals surface area contributed by atoms with Gasteiger partial charge in [0.05, 0.1) is 18.1 Å². The van der Waals surface area contributed by atoms with E-state index in [2.05, 4.69) is 10.3 Å². The molecule has 0 aromatic carbocycles. The van der Waals surface area contributed by atoms with Crippen molar-refractivity contribution in [1.82, 2.24) is 10.3 Å². The van der Waals surface area contributed by atoms with Gasteiger partial charge in [0.1, 0.15) is 0 Å². The second-order valence-electron chi connectivity index (χ2n) is 5.65. The van der Waals surface area contributed by atoms with E-state index in [0.717, 1.165) is 29.2 Å². The van der Waals surface area contributed by atoms with E-state index in [-0.39, 0.29) is 18.4 Å². The molecule has 1 aliphatic rings. The Bertz CT molecular complexity index is 634. The van der Waals surface area contributed by atoms with Crippen molar-refractivity contribution in [2.45, 2.75) is 19.4 Å². The summed E-state index contributed by atoms with van der Waals surface area (Å²) in [5, 5.41) is 12.4. The van der Waals surface area contributed by atoms with Crippen LogP contribution in [0, 0.1) is 5.92 Å². The molecule has 23 heavy (non-hydrogen) atoms. The number of ether oxygens (including phenoxy) is 1. The van der Waals surface area contributed by atoms with E-state index in [1.165, 1.54) is 16.2 Å². The smallest absolute Gasteiger partial charge is 0.261 e. The maximum atomic E-state index is 12.3. The topological polar surface area (TPSA) is 71.5 Å². The third kappa shape index (κ3) is 4.16. The number of amides is 1. The second-order valence-corrected chi connectivity index (χ2v) is 6.78. The number of aromatic nitrogens is 1. The van der Waals surface area contributed by atoms with Gasteiger partial charge in [-0.05, 0) is 30.2 Å². The van der Waals surface area contributed by atoms with Crippen molar-refractivity contribution >= 4 is 17.2 Å². The van der Waals surface area contributed by atoms with Crippen molar-refractivity contribution in [2.24, 2.45) is 5.92 Å². The average molecular weight is 332 g/mol. The van der Waals surface area contributed by atoms with E-state index in [1.54, 1.807) is 6.20 Å². The number of pyridine rings is 1. The molecule has 0 saturated carbocycles. The molecule has 0 spiro atoms. The van der Waals surface area contributed by atoms with Crippen LogP contribution in [-0.4, -0.2) is 35.8 Å². The number of nitrogens with zero attached hydrogens (tertiary/aromatic N) is 1. The molecule has 3 rings (SSSR count). The van der Waals surface area contributed by atoms with Gasteiger partial charge in [0.2, 0.25) is 0 Å². The van der Waals surface area contributed by atoms with Crippen molar-refractivity contribution < 1.29 is 14.6 Å². The van der Waals surface area contributed by atoms with Crippen LogP contribution < -0.4 is 5.32 Å². The molecule has 1 aliphatic heterocycles. The lowest BCUT2D eigenvalue weighted by molar-refractivity contribution is 0.0943. The highest BCUT2D eigenvalue weighted by Crippen LogP contribution is 2.26. The molecule has 1 unspecified atom stereocenters. The highest BCUT2D eigenvalue weighted by Gasteiger charge is 2.18. The van der Waals surface area contributed by atoms with E-state index < -0.39 is 0 Å². The summed E-state index contributed by atoms with van der Waals surface area (Å²) in [6.07, 6.45) is 3.26. The Balaban J connectivity index is 1.56. The first-order chi connectivity index (χ1) is 11.3. The molecule has 0 radical (unpaired) electrons. The zero-order chi connectivity index (χ0) is 16.1. The first-order valence-electron chi connectivity index (χ1n) is 7.74. The molecule has 0 bridgehead atoms. The number of rotatable bonds is 6. The molecule has 2 aromatic rings. The third-order valence-corrected chi connectivity index (χ3v) is 5.12. The van der Waals surface area contributed by atoms with Gasteiger partial charge in [0.25, 0.3) is 5.91 Å². The fraction of sp³-hybridized carbons (Fsp3) is 0.412. The van der Waals surface area contributed by atoms with Gasteiger partial charge in [-0.3, -0.25) is 9.78 Å². The molecule has 5 nitrogen and oxygen atoms in total. The van der Waals surface area contributed by atoms with Gasteiger partial charge in [-0.2, -0.15) is 0 Å². The standard InChI is InChI=1S/C17H20N2O3S/c20-10-12(7-14-3-1-2-5-18-14)9-19-17(21)16-8-13-11-22-6-4-15(13)23-16/h1-3,5,8,12,20H,4,6-7,9-11H2,(H,19,21). The molecule has 3 heterocycles. The SMILES string of the molecule is O=C(NCC(CO)Cc1ccccn1)c1cc2c(s1)CCOC2. The van der Waals surface area contributed by atoms with Crippen LogP contribution in [0.2, 0.25) is 0 Å². The van der Waals surface area contributed by atoms with Crippen LogP contribution in [0.5, 0.6) is 0 Å². The lowest BCUT2D eigenvalue weighted by Crippen LogP contribution is -2.31. The van der Waals surface area contributed by atoms with E-state index in [4.69, 9.17) is 4.74 Å². The zero-order valence-electron chi connectivity index (χ0n) is 12.8. The van der Waals surface area contributed by atoms with Crippen LogP contribution >= 0.6 is 11.3 Å². The molecule has 0 saturated heterocycles. The lowest BCUT2D eigenvalue weighted by Gasteiger charge is -2.14. The summed E-state index contributed by atoms with van der Waals surface area (Å²) in [5.74, 6) is -0.115. The van der Waals surface area contributed by atoms with Crippen molar-refractivity contribution in [2.75, 3.05) is 19.8 Å². The quantitative estimate of drug-likeness (QED) is 0.846. The Kier molecular flexibility index (Phi) is 5.38. The number of hydrogen-bond acceptors (Lipinski definition) is 5. The summed E-state index contributed by atoms with van der Waals surface area (Å²) >= 11 is 1.54. The van der Waals surface area contributed by atoms with Crippen LogP contribution in [0.3, 0.4) is 0 Å². The molecule has 1 amide bonds. The predicted octanol–water partition coefficient (Wildman–Crippen LogP) is 1.80. The van der Waals surface area contributed by atoms with Gasteiger partial charge in [0, 0.05) is 42.3 Å². The number of fused-ring (bicyclic) bond motifs is 1. The summed E-state index contributed by atoms with van der Waals surface area (Å²) in [4.78, 5) is 18.5. The van der Waals surface area contributed by atoms with Crippen LogP contribution in [-0.2, 0) is 24.2 Å². The summed E-state index contributed by atoms with van der Waals surface area (Å²) in [6, 6.07) is 7.63. The maximum absolute atomic E-state index is 12.3. The first-order valence-corrected chi connectivity index (χ1v) is 8.56. The fourth-order valence-corrected chi connectivity index (χ4v) is 3.67. The van der Waals surface area contributed by atoms with Crippen molar-refractivity contribution in [3.63, 3.8) is 0 Å². The van der Waals surface area contributed by atoms with Gasteiger partial charge in [-0.25, -0.2) is 0 Å². The van der Waals surface area contributed by atoms with Crippen LogP contribution in [0.25, 0.3) is 0 Å². The molecular formula is C17H20N2O3S. The molecule has 6 heteroatoms. The summed E-state index contributed by atoms with van der Waals surface area (Å²) in [5.41, 5.74) is 2.04. The molecule has 2 N–H and O–H groups in total. The van der Waals surface area contributed by atoms with Crippen molar-refractivity contribution in [3.05, 3.63) is 51.5 Å². The number of thiophene rings is 1. The minimum absolute atomic E-state index is 0.0195. The van der Waals surface area contributed by atoms with Gasteiger partial charge >= 0.3 is 0 Å². The summed E-state index contributed by atoms with van der Waals surface area (Å²) in [6.45, 7) is 1.78. The van der Waals surface area contributed by atoms with Crippen LogP contribution in [0.4, 0.5) is 0 Å².